The number of benzene rings is 2. The number of fused-ring (bicyclic) bond motifs is 1. The monoisotopic (exact) mass is 380 g/mol. The number of rotatable bonds is 4. The van der Waals surface area contributed by atoms with Crippen LogP contribution < -0.4 is 10.6 Å². The van der Waals surface area contributed by atoms with Crippen LogP contribution in [0.3, 0.4) is 0 Å². The van der Waals surface area contributed by atoms with Crippen molar-refractivity contribution < 1.29 is 14.3 Å². The van der Waals surface area contributed by atoms with Crippen molar-refractivity contribution >= 4 is 35.3 Å². The zero-order chi connectivity index (χ0) is 18.6. The van der Waals surface area contributed by atoms with Crippen molar-refractivity contribution in [2.45, 2.75) is 23.8 Å². The third-order valence-electron chi connectivity index (χ3n) is 4.55. The molecule has 2 amide bonds. The summed E-state index contributed by atoms with van der Waals surface area (Å²) in [7, 11) is 0. The van der Waals surface area contributed by atoms with E-state index in [1.165, 1.54) is 11.8 Å². The standard InChI is InChI=1S/C21H20N2O3S/c24-20(22-13-16-7-4-10-26-16)15-8-9-18-17(12-15)23-21(25)19(27-18)11-14-5-2-1-3-6-14/h1-3,5-6,8-9,11-12,16H,4,7,10,13H2,(H,22,24)(H,23,25)/b19-11-/t16-/m0/s1. The fourth-order valence-electron chi connectivity index (χ4n) is 3.12. The Labute approximate surface area is 162 Å². The minimum absolute atomic E-state index is 0.104. The molecule has 2 aliphatic rings. The fourth-order valence-corrected chi connectivity index (χ4v) is 4.05. The Bertz CT molecular complexity index is 890. The van der Waals surface area contributed by atoms with E-state index in [1.807, 2.05) is 42.5 Å². The Balaban J connectivity index is 1.47. The maximum atomic E-state index is 12.4. The highest BCUT2D eigenvalue weighted by Crippen LogP contribution is 2.39. The molecule has 0 saturated carbocycles. The number of hydrogen-bond acceptors (Lipinski definition) is 4. The van der Waals surface area contributed by atoms with Crippen LogP contribution in [0.1, 0.15) is 28.8 Å². The summed E-state index contributed by atoms with van der Waals surface area (Å²) in [5.74, 6) is -0.313. The minimum Gasteiger partial charge on any atom is -0.376 e. The number of hydrogen-bond donors (Lipinski definition) is 2. The molecule has 0 bridgehead atoms. The first-order chi connectivity index (χ1) is 13.2. The van der Waals surface area contributed by atoms with Gasteiger partial charge in [-0.2, -0.15) is 0 Å². The highest BCUT2D eigenvalue weighted by molar-refractivity contribution is 8.04. The molecule has 5 nitrogen and oxygen atoms in total. The molecule has 27 heavy (non-hydrogen) atoms. The largest absolute Gasteiger partial charge is 0.376 e. The third kappa shape index (κ3) is 4.23. The second-order valence-corrected chi connectivity index (χ2v) is 7.62. The van der Waals surface area contributed by atoms with E-state index in [9.17, 15) is 9.59 Å². The zero-order valence-corrected chi connectivity index (χ0v) is 15.6. The zero-order valence-electron chi connectivity index (χ0n) is 14.7. The lowest BCUT2D eigenvalue weighted by atomic mass is 10.1. The number of carbonyl (C=O) groups excluding carboxylic acids is 2. The van der Waals surface area contributed by atoms with Crippen molar-refractivity contribution in [3.63, 3.8) is 0 Å². The Morgan fingerprint density at radius 3 is 2.89 bits per heavy atom. The van der Waals surface area contributed by atoms with Gasteiger partial charge in [-0.1, -0.05) is 42.1 Å². The Morgan fingerprint density at radius 1 is 1.26 bits per heavy atom. The first kappa shape index (κ1) is 17.8. The van der Waals surface area contributed by atoms with Crippen molar-refractivity contribution in [2.75, 3.05) is 18.5 Å². The molecule has 1 saturated heterocycles. The van der Waals surface area contributed by atoms with Gasteiger partial charge in [0, 0.05) is 23.6 Å². The predicted octanol–water partition coefficient (Wildman–Crippen LogP) is 3.68. The van der Waals surface area contributed by atoms with Gasteiger partial charge in [-0.3, -0.25) is 9.59 Å². The van der Waals surface area contributed by atoms with Crippen molar-refractivity contribution in [1.82, 2.24) is 5.32 Å². The molecule has 0 spiro atoms. The summed E-state index contributed by atoms with van der Waals surface area (Å²) in [4.78, 5) is 26.4. The molecule has 1 atom stereocenters. The minimum atomic E-state index is -0.159. The van der Waals surface area contributed by atoms with Crippen LogP contribution >= 0.6 is 11.8 Å². The number of anilines is 1. The maximum absolute atomic E-state index is 12.4. The van der Waals surface area contributed by atoms with Gasteiger partial charge in [0.15, 0.2) is 0 Å². The van der Waals surface area contributed by atoms with Gasteiger partial charge in [0.05, 0.1) is 16.7 Å². The van der Waals surface area contributed by atoms with Gasteiger partial charge in [0.1, 0.15) is 0 Å². The quantitative estimate of drug-likeness (QED) is 0.794. The molecule has 2 aromatic carbocycles. The van der Waals surface area contributed by atoms with Gasteiger partial charge in [-0.25, -0.2) is 0 Å². The molecular formula is C21H20N2O3S. The van der Waals surface area contributed by atoms with Gasteiger partial charge in [0.2, 0.25) is 0 Å². The van der Waals surface area contributed by atoms with Gasteiger partial charge in [-0.15, -0.1) is 0 Å². The van der Waals surface area contributed by atoms with Crippen LogP contribution in [0, 0.1) is 0 Å². The summed E-state index contributed by atoms with van der Waals surface area (Å²) < 4.78 is 5.52. The average Bonchev–Trinajstić information content (AvgIpc) is 3.21. The van der Waals surface area contributed by atoms with Gasteiger partial charge < -0.3 is 15.4 Å². The second-order valence-electron chi connectivity index (χ2n) is 6.53. The Kier molecular flexibility index (Phi) is 5.27. The van der Waals surface area contributed by atoms with E-state index in [0.717, 1.165) is 29.9 Å². The number of thioether (sulfide) groups is 1. The van der Waals surface area contributed by atoms with Crippen LogP contribution in [-0.2, 0) is 9.53 Å². The number of nitrogens with one attached hydrogen (secondary N) is 2. The molecule has 2 N–H and O–H groups in total. The van der Waals surface area contributed by atoms with Crippen LogP contribution in [0.5, 0.6) is 0 Å². The number of amides is 2. The topological polar surface area (TPSA) is 67.4 Å². The highest BCUT2D eigenvalue weighted by atomic mass is 32.2. The lowest BCUT2D eigenvalue weighted by Crippen LogP contribution is -2.31. The molecule has 1 fully saturated rings. The Morgan fingerprint density at radius 2 is 2.11 bits per heavy atom. The molecule has 2 heterocycles. The molecule has 0 radical (unpaired) electrons. The van der Waals surface area contributed by atoms with E-state index < -0.39 is 0 Å². The molecule has 4 rings (SSSR count). The first-order valence-electron chi connectivity index (χ1n) is 8.99. The van der Waals surface area contributed by atoms with E-state index in [-0.39, 0.29) is 17.9 Å². The number of ether oxygens (including phenoxy) is 1. The molecule has 2 aromatic rings. The Hall–Kier alpha value is -2.57. The van der Waals surface area contributed by atoms with E-state index in [0.29, 0.717) is 22.7 Å². The molecule has 138 valence electrons. The molecule has 0 unspecified atom stereocenters. The van der Waals surface area contributed by atoms with Crippen LogP contribution in [0.25, 0.3) is 6.08 Å². The predicted molar refractivity (Wildman–Crippen MR) is 107 cm³/mol. The van der Waals surface area contributed by atoms with Crippen LogP contribution in [0.4, 0.5) is 5.69 Å². The molecule has 0 aromatic heterocycles. The lowest BCUT2D eigenvalue weighted by molar-refractivity contribution is -0.112. The van der Waals surface area contributed by atoms with Crippen molar-refractivity contribution in [1.29, 1.82) is 0 Å². The van der Waals surface area contributed by atoms with E-state index in [1.54, 1.807) is 12.1 Å². The second kappa shape index (κ2) is 7.98. The van der Waals surface area contributed by atoms with Gasteiger partial charge in [-0.05, 0) is 42.7 Å². The van der Waals surface area contributed by atoms with Gasteiger partial charge in [0.25, 0.3) is 11.8 Å². The summed E-state index contributed by atoms with van der Waals surface area (Å²) in [6.45, 7) is 1.28. The van der Waals surface area contributed by atoms with Crippen LogP contribution in [-0.4, -0.2) is 31.1 Å². The van der Waals surface area contributed by atoms with E-state index >= 15 is 0 Å². The molecule has 2 aliphatic heterocycles. The molecule has 6 heteroatoms. The van der Waals surface area contributed by atoms with Crippen LogP contribution in [0.15, 0.2) is 58.3 Å². The molecular weight excluding hydrogens is 360 g/mol. The summed E-state index contributed by atoms with van der Waals surface area (Å²) in [6.07, 6.45) is 3.99. The fraction of sp³-hybridized carbons (Fsp3) is 0.238. The van der Waals surface area contributed by atoms with Crippen molar-refractivity contribution in [3.8, 4) is 0 Å². The summed E-state index contributed by atoms with van der Waals surface area (Å²) in [5.41, 5.74) is 2.17. The van der Waals surface area contributed by atoms with E-state index in [4.69, 9.17) is 4.74 Å². The summed E-state index contributed by atoms with van der Waals surface area (Å²) >= 11 is 1.41. The van der Waals surface area contributed by atoms with E-state index in [2.05, 4.69) is 10.6 Å². The van der Waals surface area contributed by atoms with Crippen molar-refractivity contribution in [3.05, 3.63) is 64.6 Å². The average molecular weight is 380 g/mol. The highest BCUT2D eigenvalue weighted by Gasteiger charge is 2.23. The van der Waals surface area contributed by atoms with Gasteiger partial charge >= 0.3 is 0 Å². The summed E-state index contributed by atoms with van der Waals surface area (Å²) in [5, 5.41) is 5.80. The lowest BCUT2D eigenvalue weighted by Gasteiger charge is -2.19. The summed E-state index contributed by atoms with van der Waals surface area (Å²) in [6, 6.07) is 15.1. The normalized spacial score (nSPS) is 20.2. The molecule has 0 aliphatic carbocycles. The number of carbonyl (C=O) groups is 2. The van der Waals surface area contributed by atoms with Crippen molar-refractivity contribution in [2.24, 2.45) is 0 Å². The SMILES string of the molecule is O=C1Nc2cc(C(=O)NC[C@@H]3CCCO3)ccc2S/C1=C\c1ccccc1. The smallest absolute Gasteiger partial charge is 0.262 e. The maximum Gasteiger partial charge on any atom is 0.262 e. The van der Waals surface area contributed by atoms with Crippen LogP contribution in [0.2, 0.25) is 0 Å². The first-order valence-corrected chi connectivity index (χ1v) is 9.80. The third-order valence-corrected chi connectivity index (χ3v) is 5.64.